The molecule has 0 spiro atoms. The van der Waals surface area contributed by atoms with Gasteiger partial charge in [-0.25, -0.2) is 4.39 Å². The molecule has 1 aromatic rings. The van der Waals surface area contributed by atoms with Gasteiger partial charge in [0.1, 0.15) is 5.82 Å². The lowest BCUT2D eigenvalue weighted by Crippen LogP contribution is -2.13. The van der Waals surface area contributed by atoms with Crippen molar-refractivity contribution >= 4 is 0 Å². The summed E-state index contributed by atoms with van der Waals surface area (Å²) in [4.78, 5) is 0. The molecule has 0 aliphatic rings. The van der Waals surface area contributed by atoms with Crippen LogP contribution in [-0.4, -0.2) is 11.2 Å². The molecule has 0 radical (unpaired) electrons. The minimum absolute atomic E-state index is 0.180. The van der Waals surface area contributed by atoms with Crippen LogP contribution in [0.4, 0.5) is 4.39 Å². The molecule has 0 saturated heterocycles. The van der Waals surface area contributed by atoms with Gasteiger partial charge < -0.3 is 5.11 Å². The van der Waals surface area contributed by atoms with E-state index in [0.29, 0.717) is 0 Å². The molecule has 1 unspecified atom stereocenters. The van der Waals surface area contributed by atoms with Gasteiger partial charge in [0, 0.05) is 0 Å². The van der Waals surface area contributed by atoms with Gasteiger partial charge in [-0.1, -0.05) is 13.0 Å². The largest absolute Gasteiger partial charge is 0.393 e. The lowest BCUT2D eigenvalue weighted by molar-refractivity contribution is 0.130. The lowest BCUT2D eigenvalue weighted by atomic mass is 9.95. The number of aryl methyl sites for hydroxylation is 2. The third-order valence-electron chi connectivity index (χ3n) is 3.00. The standard InChI is InChI=1S/C13H19FO/c1-9(11(3)15)4-6-12-8-13(14)7-5-10(12)2/h5,7-9,11,15H,4,6H2,1-3H3/t9?,11-/m1/s1. The highest BCUT2D eigenvalue weighted by Gasteiger charge is 2.09. The third kappa shape index (κ3) is 3.63. The van der Waals surface area contributed by atoms with Gasteiger partial charge >= 0.3 is 0 Å². The van der Waals surface area contributed by atoms with Crippen LogP contribution in [-0.2, 0) is 6.42 Å². The maximum Gasteiger partial charge on any atom is 0.123 e. The fourth-order valence-corrected chi connectivity index (χ4v) is 1.53. The molecular formula is C13H19FO. The van der Waals surface area contributed by atoms with Crippen LogP contribution in [0.25, 0.3) is 0 Å². The summed E-state index contributed by atoms with van der Waals surface area (Å²) < 4.78 is 13.0. The van der Waals surface area contributed by atoms with E-state index in [9.17, 15) is 9.50 Å². The molecule has 1 N–H and O–H groups in total. The Morgan fingerprint density at radius 2 is 2.00 bits per heavy atom. The first kappa shape index (κ1) is 12.2. The molecule has 84 valence electrons. The van der Waals surface area contributed by atoms with Crippen molar-refractivity contribution in [2.45, 2.75) is 39.7 Å². The monoisotopic (exact) mass is 210 g/mol. The Morgan fingerprint density at radius 1 is 1.33 bits per heavy atom. The fraction of sp³-hybridized carbons (Fsp3) is 0.538. The smallest absolute Gasteiger partial charge is 0.123 e. The number of hydrogen-bond donors (Lipinski definition) is 1. The molecule has 1 rings (SSSR count). The van der Waals surface area contributed by atoms with Crippen LogP contribution in [0.3, 0.4) is 0 Å². The molecule has 0 aliphatic carbocycles. The van der Waals surface area contributed by atoms with E-state index in [-0.39, 0.29) is 17.8 Å². The van der Waals surface area contributed by atoms with Crippen molar-refractivity contribution in [3.63, 3.8) is 0 Å². The summed E-state index contributed by atoms with van der Waals surface area (Å²) in [6.45, 7) is 5.80. The average molecular weight is 210 g/mol. The molecule has 1 aromatic carbocycles. The van der Waals surface area contributed by atoms with Crippen LogP contribution >= 0.6 is 0 Å². The maximum atomic E-state index is 13.0. The molecule has 0 aliphatic heterocycles. The fourth-order valence-electron chi connectivity index (χ4n) is 1.53. The zero-order valence-electron chi connectivity index (χ0n) is 9.63. The highest BCUT2D eigenvalue weighted by atomic mass is 19.1. The van der Waals surface area contributed by atoms with Crippen molar-refractivity contribution in [1.29, 1.82) is 0 Å². The second-order valence-corrected chi connectivity index (χ2v) is 4.33. The van der Waals surface area contributed by atoms with E-state index < -0.39 is 0 Å². The highest BCUT2D eigenvalue weighted by molar-refractivity contribution is 5.26. The second-order valence-electron chi connectivity index (χ2n) is 4.33. The Morgan fingerprint density at radius 3 is 2.60 bits per heavy atom. The van der Waals surface area contributed by atoms with E-state index in [1.165, 1.54) is 6.07 Å². The SMILES string of the molecule is Cc1ccc(F)cc1CCC(C)[C@@H](C)O. The van der Waals surface area contributed by atoms with Gasteiger partial charge in [-0.2, -0.15) is 0 Å². The summed E-state index contributed by atoms with van der Waals surface area (Å²) in [5.74, 6) is 0.0768. The number of benzene rings is 1. The van der Waals surface area contributed by atoms with E-state index in [0.717, 1.165) is 24.0 Å². The van der Waals surface area contributed by atoms with E-state index >= 15 is 0 Å². The molecule has 0 heterocycles. The second kappa shape index (κ2) is 5.26. The van der Waals surface area contributed by atoms with E-state index in [1.54, 1.807) is 19.1 Å². The van der Waals surface area contributed by atoms with Crippen LogP contribution in [0.2, 0.25) is 0 Å². The maximum absolute atomic E-state index is 13.0. The van der Waals surface area contributed by atoms with Gasteiger partial charge in [-0.3, -0.25) is 0 Å². The van der Waals surface area contributed by atoms with Gasteiger partial charge in [0.05, 0.1) is 6.10 Å². The summed E-state index contributed by atoms with van der Waals surface area (Å²) in [7, 11) is 0. The number of aliphatic hydroxyl groups is 1. The molecule has 2 atom stereocenters. The molecule has 0 amide bonds. The van der Waals surface area contributed by atoms with Crippen molar-refractivity contribution in [3.8, 4) is 0 Å². The first-order valence-corrected chi connectivity index (χ1v) is 5.44. The highest BCUT2D eigenvalue weighted by Crippen LogP contribution is 2.16. The average Bonchev–Trinajstić information content (AvgIpc) is 2.18. The third-order valence-corrected chi connectivity index (χ3v) is 3.00. The zero-order chi connectivity index (χ0) is 11.4. The van der Waals surface area contributed by atoms with Crippen LogP contribution < -0.4 is 0 Å². The van der Waals surface area contributed by atoms with Gasteiger partial charge in [-0.05, 0) is 55.9 Å². The summed E-state index contributed by atoms with van der Waals surface area (Å²) >= 11 is 0. The van der Waals surface area contributed by atoms with Crippen LogP contribution in [0, 0.1) is 18.7 Å². The van der Waals surface area contributed by atoms with Gasteiger partial charge in [0.25, 0.3) is 0 Å². The minimum atomic E-state index is -0.293. The molecule has 0 saturated carbocycles. The molecule has 15 heavy (non-hydrogen) atoms. The first-order valence-electron chi connectivity index (χ1n) is 5.44. The number of halogens is 1. The topological polar surface area (TPSA) is 20.2 Å². The summed E-state index contributed by atoms with van der Waals surface area (Å²) in [5.41, 5.74) is 2.16. The van der Waals surface area contributed by atoms with Crippen LogP contribution in [0.5, 0.6) is 0 Å². The molecule has 0 bridgehead atoms. The van der Waals surface area contributed by atoms with Crippen LogP contribution in [0.15, 0.2) is 18.2 Å². The van der Waals surface area contributed by atoms with Gasteiger partial charge in [-0.15, -0.1) is 0 Å². The summed E-state index contributed by atoms with van der Waals surface area (Å²) in [6, 6.07) is 4.87. The van der Waals surface area contributed by atoms with Crippen molar-refractivity contribution in [3.05, 3.63) is 35.1 Å². The molecular weight excluding hydrogens is 191 g/mol. The van der Waals surface area contributed by atoms with E-state index in [2.05, 4.69) is 0 Å². The molecule has 2 heteroatoms. The molecule has 0 aromatic heterocycles. The van der Waals surface area contributed by atoms with E-state index in [4.69, 9.17) is 0 Å². The normalized spacial score (nSPS) is 15.0. The Labute approximate surface area is 90.9 Å². The van der Waals surface area contributed by atoms with Crippen molar-refractivity contribution in [2.24, 2.45) is 5.92 Å². The Bertz CT molecular complexity index is 320. The predicted octanol–water partition coefficient (Wildman–Crippen LogP) is 3.08. The summed E-state index contributed by atoms with van der Waals surface area (Å²) in [5, 5.41) is 9.35. The van der Waals surface area contributed by atoms with Crippen molar-refractivity contribution in [2.75, 3.05) is 0 Å². The van der Waals surface area contributed by atoms with Gasteiger partial charge in [0.2, 0.25) is 0 Å². The van der Waals surface area contributed by atoms with Crippen molar-refractivity contribution < 1.29 is 9.50 Å². The molecule has 0 fully saturated rings. The minimum Gasteiger partial charge on any atom is -0.393 e. The Kier molecular flexibility index (Phi) is 4.28. The Balaban J connectivity index is 2.61. The number of hydrogen-bond acceptors (Lipinski definition) is 1. The lowest BCUT2D eigenvalue weighted by Gasteiger charge is -2.15. The van der Waals surface area contributed by atoms with Crippen molar-refractivity contribution in [1.82, 2.24) is 0 Å². The quantitative estimate of drug-likeness (QED) is 0.809. The number of rotatable bonds is 4. The zero-order valence-corrected chi connectivity index (χ0v) is 9.63. The predicted molar refractivity (Wildman–Crippen MR) is 60.3 cm³/mol. The van der Waals surface area contributed by atoms with Crippen LogP contribution in [0.1, 0.15) is 31.4 Å². The first-order chi connectivity index (χ1) is 7.00. The molecule has 1 nitrogen and oxygen atoms in total. The van der Waals surface area contributed by atoms with E-state index in [1.807, 2.05) is 13.8 Å². The summed E-state index contributed by atoms with van der Waals surface area (Å²) in [6.07, 6.45) is 1.43. The van der Waals surface area contributed by atoms with Gasteiger partial charge in [0.15, 0.2) is 0 Å². The number of aliphatic hydroxyl groups excluding tert-OH is 1. The Hall–Kier alpha value is -0.890.